The van der Waals surface area contributed by atoms with E-state index >= 15 is 0 Å². The van der Waals surface area contributed by atoms with Crippen LogP contribution in [0, 0.1) is 0 Å². The van der Waals surface area contributed by atoms with Crippen LogP contribution < -0.4 is 9.47 Å². The molecular weight excluding hydrogens is 322 g/mol. The first kappa shape index (κ1) is 17.9. The fourth-order valence-corrected chi connectivity index (χ4v) is 2.78. The van der Waals surface area contributed by atoms with Crippen molar-refractivity contribution in [2.75, 3.05) is 21.3 Å². The number of carbonyl (C=O) groups excluding carboxylic acids is 1. The molecule has 0 aromatic heterocycles. The Balaban J connectivity index is 1.93. The average Bonchev–Trinajstić information content (AvgIpc) is 2.62. The molecular formula is C19H21NO3S. The van der Waals surface area contributed by atoms with Crippen LogP contribution in [0.4, 0.5) is 0 Å². The number of rotatable bonds is 7. The van der Waals surface area contributed by atoms with E-state index < -0.39 is 0 Å². The van der Waals surface area contributed by atoms with Crippen molar-refractivity contribution in [3.8, 4) is 11.5 Å². The van der Waals surface area contributed by atoms with E-state index in [0.29, 0.717) is 18.0 Å². The highest BCUT2D eigenvalue weighted by Gasteiger charge is 2.09. The number of ether oxygens (including phenoxy) is 2. The van der Waals surface area contributed by atoms with E-state index in [1.54, 1.807) is 32.2 Å². The lowest BCUT2D eigenvalue weighted by Gasteiger charge is -2.16. The molecule has 0 bridgehead atoms. The van der Waals surface area contributed by atoms with Crippen LogP contribution in [0.25, 0.3) is 0 Å². The molecule has 2 aromatic carbocycles. The molecule has 126 valence electrons. The van der Waals surface area contributed by atoms with Gasteiger partial charge in [0.15, 0.2) is 11.5 Å². The SMILES string of the molecule is COc1ccc(CN(C)C(=O)/C=C\Sc2ccccc2)cc1OC. The van der Waals surface area contributed by atoms with E-state index in [-0.39, 0.29) is 5.91 Å². The normalized spacial score (nSPS) is 10.6. The maximum atomic E-state index is 12.2. The average molecular weight is 343 g/mol. The summed E-state index contributed by atoms with van der Waals surface area (Å²) in [5.41, 5.74) is 0.979. The molecule has 0 heterocycles. The molecule has 24 heavy (non-hydrogen) atoms. The first-order valence-electron chi connectivity index (χ1n) is 7.48. The Morgan fingerprint density at radius 2 is 1.79 bits per heavy atom. The summed E-state index contributed by atoms with van der Waals surface area (Å²) in [6.07, 6.45) is 1.58. The smallest absolute Gasteiger partial charge is 0.247 e. The number of benzene rings is 2. The van der Waals surface area contributed by atoms with Crippen molar-refractivity contribution < 1.29 is 14.3 Å². The van der Waals surface area contributed by atoms with Crippen molar-refractivity contribution in [2.24, 2.45) is 0 Å². The second-order valence-corrected chi connectivity index (χ2v) is 6.10. The third kappa shape index (κ3) is 5.06. The highest BCUT2D eigenvalue weighted by molar-refractivity contribution is 8.02. The van der Waals surface area contributed by atoms with Gasteiger partial charge >= 0.3 is 0 Å². The van der Waals surface area contributed by atoms with Gasteiger partial charge in [0.25, 0.3) is 0 Å². The third-order valence-electron chi connectivity index (χ3n) is 3.40. The first-order valence-corrected chi connectivity index (χ1v) is 8.36. The zero-order valence-electron chi connectivity index (χ0n) is 14.1. The minimum Gasteiger partial charge on any atom is -0.493 e. The zero-order valence-corrected chi connectivity index (χ0v) is 14.9. The van der Waals surface area contributed by atoms with Crippen LogP contribution in [-0.2, 0) is 11.3 Å². The van der Waals surface area contributed by atoms with Crippen molar-refractivity contribution >= 4 is 17.7 Å². The minimum atomic E-state index is -0.0479. The third-order valence-corrected chi connectivity index (χ3v) is 4.22. The number of methoxy groups -OCH3 is 2. The Kier molecular flexibility index (Phi) is 6.75. The molecule has 0 spiro atoms. The molecule has 0 N–H and O–H groups in total. The Bertz CT molecular complexity index is 701. The molecule has 0 fully saturated rings. The van der Waals surface area contributed by atoms with E-state index in [1.807, 2.05) is 53.9 Å². The van der Waals surface area contributed by atoms with Crippen molar-refractivity contribution in [3.05, 3.63) is 65.6 Å². The lowest BCUT2D eigenvalue weighted by atomic mass is 10.2. The second-order valence-electron chi connectivity index (χ2n) is 5.12. The van der Waals surface area contributed by atoms with Gasteiger partial charge in [-0.15, -0.1) is 0 Å². The summed E-state index contributed by atoms with van der Waals surface area (Å²) in [5.74, 6) is 1.29. The molecule has 0 aliphatic carbocycles. The fraction of sp³-hybridized carbons (Fsp3) is 0.211. The molecule has 0 atom stereocenters. The van der Waals surface area contributed by atoms with Gasteiger partial charge in [0.1, 0.15) is 0 Å². The number of amides is 1. The van der Waals surface area contributed by atoms with E-state index in [2.05, 4.69) is 0 Å². The van der Waals surface area contributed by atoms with Gasteiger partial charge in [-0.05, 0) is 35.2 Å². The van der Waals surface area contributed by atoms with Gasteiger partial charge in [-0.3, -0.25) is 4.79 Å². The van der Waals surface area contributed by atoms with Gasteiger partial charge in [-0.25, -0.2) is 0 Å². The molecule has 0 aliphatic heterocycles. The topological polar surface area (TPSA) is 38.8 Å². The largest absolute Gasteiger partial charge is 0.493 e. The predicted octanol–water partition coefficient (Wildman–Crippen LogP) is 3.97. The quantitative estimate of drug-likeness (QED) is 0.563. The fourth-order valence-electron chi connectivity index (χ4n) is 2.13. The highest BCUT2D eigenvalue weighted by Crippen LogP contribution is 2.28. The summed E-state index contributed by atoms with van der Waals surface area (Å²) >= 11 is 1.52. The maximum Gasteiger partial charge on any atom is 0.247 e. The van der Waals surface area contributed by atoms with Crippen LogP contribution in [0.5, 0.6) is 11.5 Å². The number of carbonyl (C=O) groups is 1. The molecule has 0 unspecified atom stereocenters. The number of likely N-dealkylation sites (N-methyl/N-ethyl adjacent to an activating group) is 1. The lowest BCUT2D eigenvalue weighted by Crippen LogP contribution is -2.24. The standard InChI is InChI=1S/C19H21NO3S/c1-20(14-15-9-10-17(22-2)18(13-15)23-3)19(21)11-12-24-16-7-5-4-6-8-16/h4-13H,14H2,1-3H3/b12-11-. The van der Waals surface area contributed by atoms with E-state index in [1.165, 1.54) is 11.8 Å². The summed E-state index contributed by atoms with van der Waals surface area (Å²) in [6, 6.07) is 15.6. The van der Waals surface area contributed by atoms with Crippen molar-refractivity contribution in [1.82, 2.24) is 4.90 Å². The number of thioether (sulfide) groups is 1. The molecule has 4 nitrogen and oxygen atoms in total. The van der Waals surface area contributed by atoms with Crippen LogP contribution in [0.2, 0.25) is 0 Å². The number of nitrogens with zero attached hydrogens (tertiary/aromatic N) is 1. The Morgan fingerprint density at radius 1 is 1.08 bits per heavy atom. The summed E-state index contributed by atoms with van der Waals surface area (Å²) in [5, 5.41) is 1.81. The Hall–Kier alpha value is -2.40. The summed E-state index contributed by atoms with van der Waals surface area (Å²) < 4.78 is 10.5. The molecule has 0 saturated heterocycles. The maximum absolute atomic E-state index is 12.2. The molecule has 2 rings (SSSR count). The number of hydrogen-bond donors (Lipinski definition) is 0. The van der Waals surface area contributed by atoms with E-state index in [9.17, 15) is 4.79 Å². The zero-order chi connectivity index (χ0) is 17.4. The van der Waals surface area contributed by atoms with Gasteiger partial charge < -0.3 is 14.4 Å². The van der Waals surface area contributed by atoms with E-state index in [0.717, 1.165) is 10.5 Å². The van der Waals surface area contributed by atoms with Gasteiger partial charge in [-0.1, -0.05) is 36.0 Å². The molecule has 5 heteroatoms. The van der Waals surface area contributed by atoms with Gasteiger partial charge in [0.05, 0.1) is 14.2 Å². The summed E-state index contributed by atoms with van der Waals surface area (Å²) in [6.45, 7) is 0.500. The summed E-state index contributed by atoms with van der Waals surface area (Å²) in [4.78, 5) is 14.9. The van der Waals surface area contributed by atoms with Gasteiger partial charge in [0.2, 0.25) is 5.91 Å². The molecule has 0 saturated carbocycles. The van der Waals surface area contributed by atoms with Crippen LogP contribution in [-0.4, -0.2) is 32.1 Å². The van der Waals surface area contributed by atoms with E-state index in [4.69, 9.17) is 9.47 Å². The van der Waals surface area contributed by atoms with Gasteiger partial charge in [0, 0.05) is 24.6 Å². The summed E-state index contributed by atoms with van der Waals surface area (Å²) in [7, 11) is 4.97. The second kappa shape index (κ2) is 9.03. The van der Waals surface area contributed by atoms with Crippen LogP contribution in [0.1, 0.15) is 5.56 Å². The van der Waals surface area contributed by atoms with Crippen LogP contribution in [0.15, 0.2) is 64.9 Å². The lowest BCUT2D eigenvalue weighted by molar-refractivity contribution is -0.125. The van der Waals surface area contributed by atoms with Crippen molar-refractivity contribution in [3.63, 3.8) is 0 Å². The molecule has 0 radical (unpaired) electrons. The predicted molar refractivity (Wildman–Crippen MR) is 97.5 cm³/mol. The number of hydrogen-bond acceptors (Lipinski definition) is 4. The monoisotopic (exact) mass is 343 g/mol. The van der Waals surface area contributed by atoms with Gasteiger partial charge in [-0.2, -0.15) is 0 Å². The Morgan fingerprint density at radius 3 is 2.46 bits per heavy atom. The van der Waals surface area contributed by atoms with Crippen molar-refractivity contribution in [1.29, 1.82) is 0 Å². The van der Waals surface area contributed by atoms with Crippen LogP contribution >= 0.6 is 11.8 Å². The Labute approximate surface area is 147 Å². The first-order chi connectivity index (χ1) is 11.6. The molecule has 1 amide bonds. The molecule has 0 aliphatic rings. The van der Waals surface area contributed by atoms with Crippen molar-refractivity contribution in [2.45, 2.75) is 11.4 Å². The highest BCUT2D eigenvalue weighted by atomic mass is 32.2. The van der Waals surface area contributed by atoms with Crippen LogP contribution in [0.3, 0.4) is 0 Å². The molecule has 2 aromatic rings. The minimum absolute atomic E-state index is 0.0479.